The molecule has 1 aliphatic rings. The highest BCUT2D eigenvalue weighted by Gasteiger charge is 2.18. The number of carbonyl (C=O) groups excluding carboxylic acids is 1. The van der Waals surface area contributed by atoms with Crippen molar-refractivity contribution in [1.82, 2.24) is 0 Å². The van der Waals surface area contributed by atoms with Crippen LogP contribution in [0.2, 0.25) is 5.02 Å². The molecule has 0 atom stereocenters. The standard InChI is InChI=1S/C17H25ClN2O/c1-3-17(21)20-14-8-9-15(18)16(10-14)19-11-13-6-4-12(2)5-7-13/h8-10,12-13,19H,3-7,11H2,1-2H3,(H,20,21). The fourth-order valence-electron chi connectivity index (χ4n) is 2.78. The van der Waals surface area contributed by atoms with Crippen LogP contribution in [0.1, 0.15) is 46.0 Å². The van der Waals surface area contributed by atoms with Crippen LogP contribution >= 0.6 is 11.6 Å². The third kappa shape index (κ3) is 4.92. The van der Waals surface area contributed by atoms with Crippen molar-refractivity contribution in [2.24, 2.45) is 11.8 Å². The zero-order valence-corrected chi connectivity index (χ0v) is 13.7. The minimum absolute atomic E-state index is 0.0181. The molecule has 0 radical (unpaired) electrons. The quantitative estimate of drug-likeness (QED) is 0.810. The second kappa shape index (κ2) is 7.69. The predicted molar refractivity (Wildman–Crippen MR) is 90.0 cm³/mol. The van der Waals surface area contributed by atoms with Gasteiger partial charge in [-0.05, 0) is 42.9 Å². The molecule has 4 heteroatoms. The summed E-state index contributed by atoms with van der Waals surface area (Å²) in [6.45, 7) is 5.13. The van der Waals surface area contributed by atoms with Crippen molar-refractivity contribution >= 4 is 28.9 Å². The minimum atomic E-state index is 0.0181. The molecule has 3 nitrogen and oxygen atoms in total. The van der Waals surface area contributed by atoms with Crippen LogP contribution in [-0.4, -0.2) is 12.5 Å². The molecule has 116 valence electrons. The van der Waals surface area contributed by atoms with E-state index in [9.17, 15) is 4.79 Å². The van der Waals surface area contributed by atoms with E-state index in [2.05, 4.69) is 17.6 Å². The molecule has 0 bridgehead atoms. The SMILES string of the molecule is CCC(=O)Nc1ccc(Cl)c(NCC2CCC(C)CC2)c1. The average Bonchev–Trinajstić information content (AvgIpc) is 2.49. The highest BCUT2D eigenvalue weighted by Crippen LogP contribution is 2.30. The second-order valence-corrected chi connectivity index (χ2v) is 6.51. The van der Waals surface area contributed by atoms with Gasteiger partial charge in [0, 0.05) is 18.7 Å². The van der Waals surface area contributed by atoms with Gasteiger partial charge in [-0.2, -0.15) is 0 Å². The van der Waals surface area contributed by atoms with Crippen LogP contribution in [0.3, 0.4) is 0 Å². The first-order chi connectivity index (χ1) is 10.1. The van der Waals surface area contributed by atoms with Crippen LogP contribution in [0.4, 0.5) is 11.4 Å². The predicted octanol–water partition coefficient (Wildman–Crippen LogP) is 4.93. The second-order valence-electron chi connectivity index (χ2n) is 6.10. The monoisotopic (exact) mass is 308 g/mol. The summed E-state index contributed by atoms with van der Waals surface area (Å²) in [5.74, 6) is 1.62. The van der Waals surface area contributed by atoms with Crippen LogP contribution in [0.25, 0.3) is 0 Å². The number of hydrogen-bond donors (Lipinski definition) is 2. The van der Waals surface area contributed by atoms with Gasteiger partial charge in [0.15, 0.2) is 0 Å². The Balaban J connectivity index is 1.92. The van der Waals surface area contributed by atoms with E-state index in [0.29, 0.717) is 11.4 Å². The number of carbonyl (C=O) groups is 1. The van der Waals surface area contributed by atoms with Gasteiger partial charge in [-0.15, -0.1) is 0 Å². The van der Waals surface area contributed by atoms with Crippen LogP contribution in [0.15, 0.2) is 18.2 Å². The Hall–Kier alpha value is -1.22. The fraction of sp³-hybridized carbons (Fsp3) is 0.588. The molecule has 1 aromatic rings. The van der Waals surface area contributed by atoms with Gasteiger partial charge in [0.2, 0.25) is 5.91 Å². The smallest absolute Gasteiger partial charge is 0.224 e. The summed E-state index contributed by atoms with van der Waals surface area (Å²) >= 11 is 6.23. The van der Waals surface area contributed by atoms with E-state index in [1.807, 2.05) is 25.1 Å². The van der Waals surface area contributed by atoms with Crippen molar-refractivity contribution in [3.05, 3.63) is 23.2 Å². The van der Waals surface area contributed by atoms with Gasteiger partial charge in [-0.3, -0.25) is 4.79 Å². The van der Waals surface area contributed by atoms with Crippen molar-refractivity contribution in [3.63, 3.8) is 0 Å². The molecule has 1 aromatic carbocycles. The van der Waals surface area contributed by atoms with E-state index in [1.54, 1.807) is 0 Å². The Bertz CT molecular complexity index is 482. The third-order valence-electron chi connectivity index (χ3n) is 4.29. The molecule has 0 heterocycles. The first-order valence-corrected chi connectivity index (χ1v) is 8.29. The van der Waals surface area contributed by atoms with Crippen molar-refractivity contribution < 1.29 is 4.79 Å². The third-order valence-corrected chi connectivity index (χ3v) is 4.62. The van der Waals surface area contributed by atoms with Gasteiger partial charge in [0.05, 0.1) is 10.7 Å². The molecule has 0 saturated heterocycles. The Morgan fingerprint density at radius 2 is 2.00 bits per heavy atom. The van der Waals surface area contributed by atoms with Gasteiger partial charge in [-0.1, -0.05) is 38.3 Å². The van der Waals surface area contributed by atoms with Gasteiger partial charge in [0.1, 0.15) is 0 Å². The first kappa shape index (κ1) is 16.2. The number of anilines is 2. The zero-order chi connectivity index (χ0) is 15.2. The maximum atomic E-state index is 11.4. The van der Waals surface area contributed by atoms with Crippen molar-refractivity contribution in [2.75, 3.05) is 17.2 Å². The van der Waals surface area contributed by atoms with Crippen LogP contribution < -0.4 is 10.6 Å². The molecule has 0 spiro atoms. The van der Waals surface area contributed by atoms with Crippen LogP contribution in [0, 0.1) is 11.8 Å². The molecule has 2 rings (SSSR count). The van der Waals surface area contributed by atoms with E-state index < -0.39 is 0 Å². The first-order valence-electron chi connectivity index (χ1n) is 7.91. The van der Waals surface area contributed by atoms with Gasteiger partial charge < -0.3 is 10.6 Å². The molecule has 1 saturated carbocycles. The van der Waals surface area contributed by atoms with Crippen LogP contribution in [0.5, 0.6) is 0 Å². The Labute approximate surface area is 132 Å². The van der Waals surface area contributed by atoms with Crippen molar-refractivity contribution in [1.29, 1.82) is 0 Å². The van der Waals surface area contributed by atoms with E-state index in [0.717, 1.165) is 29.8 Å². The molecule has 0 aliphatic heterocycles. The maximum absolute atomic E-state index is 11.4. The highest BCUT2D eigenvalue weighted by molar-refractivity contribution is 6.33. The van der Waals surface area contributed by atoms with Gasteiger partial charge in [0.25, 0.3) is 0 Å². The lowest BCUT2D eigenvalue weighted by atomic mass is 9.83. The fourth-order valence-corrected chi connectivity index (χ4v) is 2.96. The molecule has 21 heavy (non-hydrogen) atoms. The average molecular weight is 309 g/mol. The molecule has 0 aromatic heterocycles. The zero-order valence-electron chi connectivity index (χ0n) is 12.9. The lowest BCUT2D eigenvalue weighted by molar-refractivity contribution is -0.115. The highest BCUT2D eigenvalue weighted by atomic mass is 35.5. The summed E-state index contributed by atoms with van der Waals surface area (Å²) in [5, 5.41) is 7.01. The molecular weight excluding hydrogens is 284 g/mol. The van der Waals surface area contributed by atoms with Crippen LogP contribution in [-0.2, 0) is 4.79 Å². The molecule has 1 fully saturated rings. The molecule has 2 N–H and O–H groups in total. The molecule has 1 amide bonds. The Morgan fingerprint density at radius 1 is 1.29 bits per heavy atom. The lowest BCUT2D eigenvalue weighted by Crippen LogP contribution is -2.20. The Kier molecular flexibility index (Phi) is 5.92. The summed E-state index contributed by atoms with van der Waals surface area (Å²) in [5.41, 5.74) is 1.70. The molecule has 1 aliphatic carbocycles. The number of halogens is 1. The lowest BCUT2D eigenvalue weighted by Gasteiger charge is -2.26. The number of nitrogens with one attached hydrogen (secondary N) is 2. The number of benzene rings is 1. The normalized spacial score (nSPS) is 21.9. The summed E-state index contributed by atoms with van der Waals surface area (Å²) in [6.07, 6.45) is 5.71. The number of amides is 1. The number of hydrogen-bond acceptors (Lipinski definition) is 2. The molecule has 0 unspecified atom stereocenters. The largest absolute Gasteiger partial charge is 0.384 e. The van der Waals surface area contributed by atoms with E-state index in [1.165, 1.54) is 25.7 Å². The van der Waals surface area contributed by atoms with Gasteiger partial charge >= 0.3 is 0 Å². The van der Waals surface area contributed by atoms with Crippen molar-refractivity contribution in [3.8, 4) is 0 Å². The minimum Gasteiger partial charge on any atom is -0.384 e. The summed E-state index contributed by atoms with van der Waals surface area (Å²) < 4.78 is 0. The van der Waals surface area contributed by atoms with Crippen molar-refractivity contribution in [2.45, 2.75) is 46.0 Å². The summed E-state index contributed by atoms with van der Waals surface area (Å²) in [6, 6.07) is 5.59. The summed E-state index contributed by atoms with van der Waals surface area (Å²) in [4.78, 5) is 11.4. The van der Waals surface area contributed by atoms with E-state index in [4.69, 9.17) is 11.6 Å². The van der Waals surface area contributed by atoms with Gasteiger partial charge in [-0.25, -0.2) is 0 Å². The topological polar surface area (TPSA) is 41.1 Å². The summed E-state index contributed by atoms with van der Waals surface area (Å²) in [7, 11) is 0. The molecular formula is C17H25ClN2O. The Morgan fingerprint density at radius 3 is 2.67 bits per heavy atom. The van der Waals surface area contributed by atoms with E-state index in [-0.39, 0.29) is 5.91 Å². The van der Waals surface area contributed by atoms with E-state index >= 15 is 0 Å². The maximum Gasteiger partial charge on any atom is 0.224 e. The number of rotatable bonds is 5.